The molecule has 0 aromatic rings. The number of allylic oxidation sites excluding steroid dienone is 3. The third kappa shape index (κ3) is 7.72. The van der Waals surface area contributed by atoms with E-state index < -0.39 is 10.0 Å². The maximum absolute atomic E-state index is 11.2. The number of nitrogens with one attached hydrogen (secondary N) is 1. The largest absolute Gasteiger partial charge is 0.327 e. The van der Waals surface area contributed by atoms with E-state index in [-0.39, 0.29) is 5.75 Å². The number of sulfonamides is 1. The molecule has 0 aromatic heterocycles. The lowest BCUT2D eigenvalue weighted by molar-refractivity contribution is 0.587. The van der Waals surface area contributed by atoms with Gasteiger partial charge in [0, 0.05) is 11.9 Å². The zero-order valence-electron chi connectivity index (χ0n) is 8.74. The molecule has 3 N–H and O–H groups in total. The van der Waals surface area contributed by atoms with Crippen LogP contribution in [0.1, 0.15) is 6.42 Å². The minimum atomic E-state index is -3.13. The standard InChI is InChI=1S/C9H17BrN2O2S/c1-12-15(13,14)8-5-9(4-6-10)3-2-7-11/h2-4,12H,5-8,11H2,1H3/b3-2-,9-4+. The second-order valence-electron chi connectivity index (χ2n) is 2.84. The van der Waals surface area contributed by atoms with E-state index in [4.69, 9.17) is 5.73 Å². The molecule has 4 nitrogen and oxygen atoms in total. The monoisotopic (exact) mass is 296 g/mol. The Labute approximate surface area is 99.8 Å². The average molecular weight is 297 g/mol. The van der Waals surface area contributed by atoms with Crippen molar-refractivity contribution in [3.8, 4) is 0 Å². The van der Waals surface area contributed by atoms with Crippen molar-refractivity contribution in [2.24, 2.45) is 5.73 Å². The van der Waals surface area contributed by atoms with Crippen molar-refractivity contribution in [3.05, 3.63) is 23.8 Å². The Morgan fingerprint density at radius 3 is 2.67 bits per heavy atom. The number of hydrogen-bond acceptors (Lipinski definition) is 3. The third-order valence-corrected chi connectivity index (χ3v) is 3.47. The quantitative estimate of drug-likeness (QED) is 0.538. The van der Waals surface area contributed by atoms with E-state index >= 15 is 0 Å². The van der Waals surface area contributed by atoms with Crippen LogP contribution in [0.25, 0.3) is 0 Å². The van der Waals surface area contributed by atoms with Crippen molar-refractivity contribution in [1.29, 1.82) is 0 Å². The highest BCUT2D eigenvalue weighted by atomic mass is 79.9. The van der Waals surface area contributed by atoms with E-state index in [2.05, 4.69) is 20.7 Å². The Balaban J connectivity index is 4.32. The Morgan fingerprint density at radius 1 is 1.53 bits per heavy atom. The highest BCUT2D eigenvalue weighted by Gasteiger charge is 2.06. The molecule has 0 aliphatic rings. The van der Waals surface area contributed by atoms with Gasteiger partial charge in [-0.25, -0.2) is 13.1 Å². The predicted molar refractivity (Wildman–Crippen MR) is 67.5 cm³/mol. The first-order chi connectivity index (χ1) is 7.05. The van der Waals surface area contributed by atoms with Gasteiger partial charge in [-0.05, 0) is 13.5 Å². The summed E-state index contributed by atoms with van der Waals surface area (Å²) >= 11 is 3.27. The average Bonchev–Trinajstić information content (AvgIpc) is 2.22. The summed E-state index contributed by atoms with van der Waals surface area (Å²) in [5, 5.41) is 0.705. The number of halogens is 1. The lowest BCUT2D eigenvalue weighted by Gasteiger charge is -2.03. The predicted octanol–water partition coefficient (Wildman–Crippen LogP) is 0.762. The molecule has 15 heavy (non-hydrogen) atoms. The molecule has 0 spiro atoms. The first-order valence-electron chi connectivity index (χ1n) is 4.58. The Hall–Kier alpha value is -0.170. The van der Waals surface area contributed by atoms with Crippen LogP contribution in [0.3, 0.4) is 0 Å². The molecule has 0 aliphatic carbocycles. The van der Waals surface area contributed by atoms with Gasteiger partial charge in [-0.3, -0.25) is 0 Å². The Kier molecular flexibility index (Phi) is 7.95. The van der Waals surface area contributed by atoms with Crippen LogP contribution in [0.5, 0.6) is 0 Å². The molecule has 0 amide bonds. The molecule has 0 radical (unpaired) electrons. The van der Waals surface area contributed by atoms with Crippen LogP contribution in [-0.4, -0.2) is 33.1 Å². The summed E-state index contributed by atoms with van der Waals surface area (Å²) in [4.78, 5) is 0. The molecule has 6 heteroatoms. The number of nitrogens with two attached hydrogens (primary N) is 1. The van der Waals surface area contributed by atoms with Gasteiger partial charge in [0.25, 0.3) is 0 Å². The van der Waals surface area contributed by atoms with Gasteiger partial charge in [0.1, 0.15) is 0 Å². The lowest BCUT2D eigenvalue weighted by Crippen LogP contribution is -2.22. The number of rotatable bonds is 7. The molecular formula is C9H17BrN2O2S. The molecular weight excluding hydrogens is 280 g/mol. The van der Waals surface area contributed by atoms with Gasteiger partial charge < -0.3 is 5.73 Å². The van der Waals surface area contributed by atoms with E-state index in [9.17, 15) is 8.42 Å². The first kappa shape index (κ1) is 14.8. The van der Waals surface area contributed by atoms with Crippen molar-refractivity contribution in [3.63, 3.8) is 0 Å². The molecule has 0 aromatic carbocycles. The zero-order chi connectivity index (χ0) is 11.7. The van der Waals surface area contributed by atoms with Gasteiger partial charge in [-0.2, -0.15) is 0 Å². The van der Waals surface area contributed by atoms with Gasteiger partial charge in [-0.1, -0.05) is 39.7 Å². The maximum Gasteiger partial charge on any atom is 0.211 e. The molecule has 0 unspecified atom stereocenters. The Bertz CT molecular complexity index is 323. The highest BCUT2D eigenvalue weighted by molar-refractivity contribution is 9.09. The van der Waals surface area contributed by atoms with Crippen LogP contribution in [-0.2, 0) is 10.0 Å². The second kappa shape index (κ2) is 8.04. The topological polar surface area (TPSA) is 72.2 Å². The minimum Gasteiger partial charge on any atom is -0.327 e. The second-order valence-corrected chi connectivity index (χ2v) is 5.54. The van der Waals surface area contributed by atoms with Crippen molar-refractivity contribution >= 4 is 26.0 Å². The van der Waals surface area contributed by atoms with Crippen LogP contribution in [0.2, 0.25) is 0 Å². The summed E-state index contributed by atoms with van der Waals surface area (Å²) in [7, 11) is -1.71. The molecule has 0 heterocycles. The molecule has 88 valence electrons. The van der Waals surface area contributed by atoms with Crippen molar-refractivity contribution in [2.45, 2.75) is 6.42 Å². The highest BCUT2D eigenvalue weighted by Crippen LogP contribution is 2.06. The van der Waals surface area contributed by atoms with Crippen LogP contribution in [0.15, 0.2) is 23.8 Å². The lowest BCUT2D eigenvalue weighted by atomic mass is 10.2. The summed E-state index contributed by atoms with van der Waals surface area (Å²) in [6, 6.07) is 0. The Morgan fingerprint density at radius 2 is 2.20 bits per heavy atom. The molecule has 0 fully saturated rings. The smallest absolute Gasteiger partial charge is 0.211 e. The van der Waals surface area contributed by atoms with E-state index in [1.807, 2.05) is 12.2 Å². The fourth-order valence-corrected chi connectivity index (χ4v) is 2.05. The van der Waals surface area contributed by atoms with Gasteiger partial charge >= 0.3 is 0 Å². The minimum absolute atomic E-state index is 0.0945. The summed E-state index contributed by atoms with van der Waals surface area (Å²) in [5.74, 6) is 0.0945. The fraction of sp³-hybridized carbons (Fsp3) is 0.556. The van der Waals surface area contributed by atoms with E-state index in [0.717, 1.165) is 5.57 Å². The summed E-state index contributed by atoms with van der Waals surface area (Å²) in [5.41, 5.74) is 6.29. The molecule has 0 bridgehead atoms. The van der Waals surface area contributed by atoms with E-state index in [1.54, 1.807) is 6.08 Å². The maximum atomic E-state index is 11.2. The van der Waals surface area contributed by atoms with Crippen molar-refractivity contribution < 1.29 is 8.42 Å². The van der Waals surface area contributed by atoms with Gasteiger partial charge in [-0.15, -0.1) is 0 Å². The normalized spacial score (nSPS) is 13.7. The number of hydrogen-bond donors (Lipinski definition) is 2. The van der Waals surface area contributed by atoms with Crippen LogP contribution >= 0.6 is 15.9 Å². The van der Waals surface area contributed by atoms with Crippen molar-refractivity contribution in [1.82, 2.24) is 4.72 Å². The van der Waals surface area contributed by atoms with E-state index in [1.165, 1.54) is 7.05 Å². The SMILES string of the molecule is CNS(=O)(=O)CCC(/C=C\CN)=C/CBr. The van der Waals surface area contributed by atoms with Gasteiger partial charge in [0.2, 0.25) is 10.0 Å². The molecule has 0 saturated heterocycles. The van der Waals surface area contributed by atoms with Crippen LogP contribution in [0, 0.1) is 0 Å². The van der Waals surface area contributed by atoms with Gasteiger partial charge in [0.15, 0.2) is 0 Å². The molecule has 0 aliphatic heterocycles. The molecule has 0 rings (SSSR count). The number of alkyl halides is 1. The van der Waals surface area contributed by atoms with Crippen molar-refractivity contribution in [2.75, 3.05) is 24.7 Å². The first-order valence-corrected chi connectivity index (χ1v) is 7.36. The van der Waals surface area contributed by atoms with E-state index in [0.29, 0.717) is 18.3 Å². The fourth-order valence-electron chi connectivity index (χ4n) is 0.926. The summed E-state index contributed by atoms with van der Waals surface area (Å²) in [6.45, 7) is 0.457. The summed E-state index contributed by atoms with van der Waals surface area (Å²) in [6.07, 6.45) is 6.08. The summed E-state index contributed by atoms with van der Waals surface area (Å²) < 4.78 is 24.6. The van der Waals surface area contributed by atoms with Crippen LogP contribution < -0.4 is 10.5 Å². The third-order valence-electron chi connectivity index (χ3n) is 1.78. The zero-order valence-corrected chi connectivity index (χ0v) is 11.1. The molecule has 0 atom stereocenters. The molecule has 0 saturated carbocycles. The van der Waals surface area contributed by atoms with Crippen LogP contribution in [0.4, 0.5) is 0 Å². The van der Waals surface area contributed by atoms with Gasteiger partial charge in [0.05, 0.1) is 5.75 Å².